The van der Waals surface area contributed by atoms with Crippen molar-refractivity contribution in [3.8, 4) is 0 Å². The summed E-state index contributed by atoms with van der Waals surface area (Å²) in [5.41, 5.74) is 2.95. The van der Waals surface area contributed by atoms with E-state index in [4.69, 9.17) is 0 Å². The second-order valence-electron chi connectivity index (χ2n) is 2.52. The van der Waals surface area contributed by atoms with E-state index in [1.54, 1.807) is 6.08 Å². The lowest BCUT2D eigenvalue weighted by Crippen LogP contribution is -1.96. The van der Waals surface area contributed by atoms with Crippen molar-refractivity contribution in [3.05, 3.63) is 17.9 Å². The average molecular weight is 168 g/mol. The number of unbranched alkanes of at least 4 members (excludes halogenated alkanes) is 2. The highest BCUT2D eigenvalue weighted by Crippen LogP contribution is 1.93. The Labute approximate surface area is 73.9 Å². The summed E-state index contributed by atoms with van der Waals surface area (Å²) in [6.07, 6.45) is 7.12. The van der Waals surface area contributed by atoms with Gasteiger partial charge in [0.15, 0.2) is 0 Å². The van der Waals surface area contributed by atoms with Crippen molar-refractivity contribution in [2.45, 2.75) is 33.1 Å². The Kier molecular flexibility index (Phi) is 7.41. The number of hydrogen-bond acceptors (Lipinski definition) is 2. The van der Waals surface area contributed by atoms with Crippen molar-refractivity contribution >= 4 is 5.97 Å². The minimum absolute atomic E-state index is 0.249. The minimum atomic E-state index is -0.249. The maximum atomic E-state index is 10.3. The predicted octanol–water partition coefficient (Wildman–Crippen LogP) is 2.45. The first-order valence-corrected chi connectivity index (χ1v) is 4.30. The summed E-state index contributed by atoms with van der Waals surface area (Å²) < 4.78 is 4.67. The molecule has 0 saturated carbocycles. The van der Waals surface area contributed by atoms with Gasteiger partial charge in [-0.2, -0.15) is 0 Å². The molecule has 0 saturated heterocycles. The van der Waals surface area contributed by atoms with Crippen molar-refractivity contribution in [2.75, 3.05) is 6.61 Å². The average Bonchev–Trinajstić information content (AvgIpc) is 2.02. The van der Waals surface area contributed by atoms with Crippen LogP contribution in [-0.2, 0) is 9.53 Å². The van der Waals surface area contributed by atoms with E-state index >= 15 is 0 Å². The molecule has 0 aromatic heterocycles. The zero-order valence-corrected chi connectivity index (χ0v) is 7.80. The summed E-state index contributed by atoms with van der Waals surface area (Å²) in [5, 5.41) is 0. The Balaban J connectivity index is 3.34. The molecule has 2 heteroatoms. The summed E-state index contributed by atoms with van der Waals surface area (Å²) in [6, 6.07) is 0. The second-order valence-corrected chi connectivity index (χ2v) is 2.52. The molecule has 68 valence electrons. The Morgan fingerprint density at radius 1 is 1.50 bits per heavy atom. The van der Waals surface area contributed by atoms with Gasteiger partial charge in [-0.25, -0.2) is 0 Å². The number of esters is 1. The number of ether oxygens (including phenoxy) is 1. The predicted molar refractivity (Wildman–Crippen MR) is 48.8 cm³/mol. The van der Waals surface area contributed by atoms with E-state index in [9.17, 15) is 4.79 Å². The van der Waals surface area contributed by atoms with Crippen LogP contribution in [0.4, 0.5) is 0 Å². The maximum absolute atomic E-state index is 10.3. The summed E-state index contributed by atoms with van der Waals surface area (Å²) >= 11 is 0. The van der Waals surface area contributed by atoms with Crippen molar-refractivity contribution in [1.82, 2.24) is 0 Å². The molecule has 0 fully saturated rings. The van der Waals surface area contributed by atoms with Crippen LogP contribution < -0.4 is 0 Å². The Morgan fingerprint density at radius 3 is 2.83 bits per heavy atom. The van der Waals surface area contributed by atoms with Gasteiger partial charge in [-0.1, -0.05) is 13.3 Å². The molecule has 12 heavy (non-hydrogen) atoms. The molecule has 0 rings (SSSR count). The maximum Gasteiger partial charge on any atom is 0.302 e. The van der Waals surface area contributed by atoms with Gasteiger partial charge in [0.1, 0.15) is 6.61 Å². The van der Waals surface area contributed by atoms with Crippen molar-refractivity contribution in [1.29, 1.82) is 0 Å². The molecule has 0 N–H and O–H groups in total. The van der Waals surface area contributed by atoms with Crippen LogP contribution in [0.3, 0.4) is 0 Å². The molecule has 0 aliphatic heterocycles. The highest BCUT2D eigenvalue weighted by Gasteiger charge is 1.84. The van der Waals surface area contributed by atoms with Crippen molar-refractivity contribution in [2.24, 2.45) is 0 Å². The molecule has 0 spiro atoms. The minimum Gasteiger partial charge on any atom is -0.461 e. The van der Waals surface area contributed by atoms with Crippen LogP contribution in [0.2, 0.25) is 0 Å². The molecule has 0 aliphatic carbocycles. The Bertz CT molecular complexity index is 176. The highest BCUT2D eigenvalue weighted by molar-refractivity contribution is 5.65. The van der Waals surface area contributed by atoms with E-state index in [0.29, 0.717) is 6.61 Å². The molecule has 0 atom stereocenters. The Morgan fingerprint density at radius 2 is 2.25 bits per heavy atom. The topological polar surface area (TPSA) is 26.3 Å². The molecule has 0 unspecified atom stereocenters. The van der Waals surface area contributed by atoms with Gasteiger partial charge in [0.05, 0.1) is 0 Å². The van der Waals surface area contributed by atoms with E-state index in [2.05, 4.69) is 17.4 Å². The van der Waals surface area contributed by atoms with Gasteiger partial charge in [-0.05, 0) is 25.0 Å². The normalized spacial score (nSPS) is 8.50. The van der Waals surface area contributed by atoms with Gasteiger partial charge in [0, 0.05) is 6.92 Å². The zero-order valence-electron chi connectivity index (χ0n) is 7.80. The summed E-state index contributed by atoms with van der Waals surface area (Å²) in [6.45, 7) is 3.88. The van der Waals surface area contributed by atoms with E-state index < -0.39 is 0 Å². The van der Waals surface area contributed by atoms with Crippen LogP contribution in [0.25, 0.3) is 0 Å². The first kappa shape index (κ1) is 11.0. The van der Waals surface area contributed by atoms with E-state index in [-0.39, 0.29) is 5.97 Å². The highest BCUT2D eigenvalue weighted by atomic mass is 16.5. The number of rotatable bonds is 5. The number of carbonyl (C=O) groups is 1. The molecule has 0 aromatic rings. The van der Waals surface area contributed by atoms with E-state index in [1.165, 1.54) is 19.8 Å². The van der Waals surface area contributed by atoms with Crippen molar-refractivity contribution < 1.29 is 9.53 Å². The fraction of sp³-hybridized carbons (Fsp3) is 0.600. The molecule has 0 aromatic carbocycles. The van der Waals surface area contributed by atoms with Crippen LogP contribution in [0.5, 0.6) is 0 Å². The molecule has 0 radical (unpaired) electrons. The smallest absolute Gasteiger partial charge is 0.302 e. The van der Waals surface area contributed by atoms with Gasteiger partial charge >= 0.3 is 5.97 Å². The van der Waals surface area contributed by atoms with Gasteiger partial charge < -0.3 is 4.74 Å². The van der Waals surface area contributed by atoms with Crippen LogP contribution in [0.1, 0.15) is 33.1 Å². The largest absolute Gasteiger partial charge is 0.461 e. The van der Waals surface area contributed by atoms with E-state index in [0.717, 1.165) is 6.42 Å². The third-order valence-electron chi connectivity index (χ3n) is 1.31. The fourth-order valence-corrected chi connectivity index (χ4v) is 0.680. The standard InChI is InChI=1S/C10H16O2/c1-3-4-5-6-7-8-9-12-10(2)11/h6,8H,3-5,9H2,1-2H3. The fourth-order valence-electron chi connectivity index (χ4n) is 0.680. The van der Waals surface area contributed by atoms with Crippen LogP contribution in [-0.4, -0.2) is 12.6 Å². The lowest BCUT2D eigenvalue weighted by molar-refractivity contribution is -0.139. The SMILES string of the molecule is CCCCC=C=CCOC(C)=O. The van der Waals surface area contributed by atoms with Crippen LogP contribution in [0, 0.1) is 0 Å². The molecular formula is C10H16O2. The zero-order chi connectivity index (χ0) is 9.23. The molecule has 0 aliphatic rings. The number of hydrogen-bond donors (Lipinski definition) is 0. The molecule has 2 nitrogen and oxygen atoms in total. The van der Waals surface area contributed by atoms with Gasteiger partial charge in [0.25, 0.3) is 0 Å². The summed E-state index contributed by atoms with van der Waals surface area (Å²) in [5.74, 6) is -0.249. The lowest BCUT2D eigenvalue weighted by atomic mass is 10.2. The monoisotopic (exact) mass is 168 g/mol. The summed E-state index contributed by atoms with van der Waals surface area (Å²) in [7, 11) is 0. The van der Waals surface area contributed by atoms with Gasteiger partial charge in [0.2, 0.25) is 0 Å². The Hall–Kier alpha value is -1.01. The van der Waals surface area contributed by atoms with E-state index in [1.807, 2.05) is 6.08 Å². The summed E-state index contributed by atoms with van der Waals surface area (Å²) in [4.78, 5) is 10.3. The number of carbonyl (C=O) groups excluding carboxylic acids is 1. The molecule has 0 amide bonds. The van der Waals surface area contributed by atoms with Crippen LogP contribution in [0.15, 0.2) is 17.9 Å². The third kappa shape index (κ3) is 8.99. The van der Waals surface area contributed by atoms with Gasteiger partial charge in [-0.15, -0.1) is 5.73 Å². The third-order valence-corrected chi connectivity index (χ3v) is 1.31. The first-order chi connectivity index (χ1) is 5.77. The van der Waals surface area contributed by atoms with Crippen LogP contribution >= 0.6 is 0 Å². The second kappa shape index (κ2) is 8.09. The molecular weight excluding hydrogens is 152 g/mol. The quantitative estimate of drug-likeness (QED) is 0.358. The first-order valence-electron chi connectivity index (χ1n) is 4.30. The molecule has 0 heterocycles. The van der Waals surface area contributed by atoms with Crippen molar-refractivity contribution in [3.63, 3.8) is 0 Å². The molecule has 0 bridgehead atoms. The van der Waals surface area contributed by atoms with Gasteiger partial charge in [-0.3, -0.25) is 4.79 Å². The lowest BCUT2D eigenvalue weighted by Gasteiger charge is -1.91.